The highest BCUT2D eigenvalue weighted by molar-refractivity contribution is 5.89. The van der Waals surface area contributed by atoms with Crippen LogP contribution in [-0.4, -0.2) is 34.1 Å². The highest BCUT2D eigenvalue weighted by atomic mass is 16.4. The minimum atomic E-state index is -0.719. The lowest BCUT2D eigenvalue weighted by Crippen LogP contribution is -2.39. The third-order valence-corrected chi connectivity index (χ3v) is 3.59. The topological polar surface area (TPSA) is 66.3 Å². The Kier molecular flexibility index (Phi) is 3.03. The minimum Gasteiger partial charge on any atom is -0.481 e. The Bertz CT molecular complexity index is 609. The van der Waals surface area contributed by atoms with Crippen LogP contribution >= 0.6 is 0 Å². The van der Waals surface area contributed by atoms with Crippen molar-refractivity contribution < 1.29 is 9.90 Å². The molecule has 19 heavy (non-hydrogen) atoms. The van der Waals surface area contributed by atoms with Gasteiger partial charge in [-0.05, 0) is 25.0 Å². The molecule has 0 aliphatic carbocycles. The van der Waals surface area contributed by atoms with Crippen LogP contribution in [0, 0.1) is 5.92 Å². The van der Waals surface area contributed by atoms with E-state index in [9.17, 15) is 4.79 Å². The Morgan fingerprint density at radius 1 is 1.32 bits per heavy atom. The summed E-state index contributed by atoms with van der Waals surface area (Å²) in [6.45, 7) is 1.38. The molecule has 0 saturated carbocycles. The van der Waals surface area contributed by atoms with Crippen LogP contribution in [0.25, 0.3) is 10.9 Å². The molecule has 1 N–H and O–H groups in total. The Hall–Kier alpha value is -2.17. The van der Waals surface area contributed by atoms with Gasteiger partial charge in [-0.3, -0.25) is 4.79 Å². The molecule has 98 valence electrons. The van der Waals surface area contributed by atoms with E-state index < -0.39 is 5.97 Å². The molecule has 1 aromatic carbocycles. The van der Waals surface area contributed by atoms with Crippen molar-refractivity contribution in [2.45, 2.75) is 12.8 Å². The summed E-state index contributed by atoms with van der Waals surface area (Å²) in [4.78, 5) is 21.8. The van der Waals surface area contributed by atoms with E-state index in [0.717, 1.165) is 36.1 Å². The Morgan fingerprint density at radius 3 is 3.00 bits per heavy atom. The van der Waals surface area contributed by atoms with Gasteiger partial charge in [0.15, 0.2) is 0 Å². The molecule has 0 amide bonds. The SMILES string of the molecule is O=C(O)C1CCCN(c2ncnc3ccccc23)C1. The molecule has 1 unspecified atom stereocenters. The first kappa shape index (κ1) is 11.9. The van der Waals surface area contributed by atoms with Crippen molar-refractivity contribution in [3.63, 3.8) is 0 Å². The third-order valence-electron chi connectivity index (χ3n) is 3.59. The summed E-state index contributed by atoms with van der Waals surface area (Å²) in [6.07, 6.45) is 3.17. The number of hydrogen-bond donors (Lipinski definition) is 1. The van der Waals surface area contributed by atoms with E-state index in [0.29, 0.717) is 6.54 Å². The predicted octanol–water partition coefficient (Wildman–Crippen LogP) is 1.93. The zero-order valence-corrected chi connectivity index (χ0v) is 10.5. The number of anilines is 1. The second-order valence-electron chi connectivity index (χ2n) is 4.84. The molecule has 1 fully saturated rings. The van der Waals surface area contributed by atoms with Crippen LogP contribution in [-0.2, 0) is 4.79 Å². The number of aliphatic carboxylic acids is 1. The van der Waals surface area contributed by atoms with E-state index in [1.165, 1.54) is 0 Å². The highest BCUT2D eigenvalue weighted by Gasteiger charge is 2.26. The van der Waals surface area contributed by atoms with Crippen molar-refractivity contribution in [2.24, 2.45) is 5.92 Å². The second-order valence-corrected chi connectivity index (χ2v) is 4.84. The summed E-state index contributed by atoms with van der Waals surface area (Å²) in [7, 11) is 0. The first-order chi connectivity index (χ1) is 9.25. The molecular weight excluding hydrogens is 242 g/mol. The molecule has 0 spiro atoms. The predicted molar refractivity (Wildman–Crippen MR) is 72.1 cm³/mol. The smallest absolute Gasteiger partial charge is 0.308 e. The van der Waals surface area contributed by atoms with Crippen LogP contribution in [0.2, 0.25) is 0 Å². The maximum absolute atomic E-state index is 11.1. The second kappa shape index (κ2) is 4.84. The number of aromatic nitrogens is 2. The largest absolute Gasteiger partial charge is 0.481 e. The molecule has 2 aromatic rings. The van der Waals surface area contributed by atoms with Crippen molar-refractivity contribution in [3.8, 4) is 0 Å². The fourth-order valence-corrected chi connectivity index (χ4v) is 2.61. The molecular formula is C14H15N3O2. The maximum Gasteiger partial charge on any atom is 0.308 e. The van der Waals surface area contributed by atoms with Crippen LogP contribution in [0.5, 0.6) is 0 Å². The number of carboxylic acid groups (broad SMARTS) is 1. The molecule has 5 nitrogen and oxygen atoms in total. The van der Waals surface area contributed by atoms with Crippen molar-refractivity contribution in [2.75, 3.05) is 18.0 Å². The Morgan fingerprint density at radius 2 is 2.16 bits per heavy atom. The average molecular weight is 257 g/mol. The number of carboxylic acids is 1. The number of nitrogens with zero attached hydrogens (tertiary/aromatic N) is 3. The van der Waals surface area contributed by atoms with Gasteiger partial charge >= 0.3 is 5.97 Å². The standard InChI is InChI=1S/C14H15N3O2/c18-14(19)10-4-3-7-17(8-10)13-11-5-1-2-6-12(11)15-9-16-13/h1-2,5-6,9-10H,3-4,7-8H2,(H,18,19). The molecule has 1 aliphatic heterocycles. The number of rotatable bonds is 2. The van der Waals surface area contributed by atoms with Gasteiger partial charge in [0.25, 0.3) is 0 Å². The lowest BCUT2D eigenvalue weighted by Gasteiger charge is -2.32. The monoisotopic (exact) mass is 257 g/mol. The number of piperidine rings is 1. The first-order valence-corrected chi connectivity index (χ1v) is 6.43. The normalized spacial score (nSPS) is 19.6. The van der Waals surface area contributed by atoms with Crippen molar-refractivity contribution in [1.82, 2.24) is 9.97 Å². The third kappa shape index (κ3) is 2.23. The van der Waals surface area contributed by atoms with E-state index in [1.807, 2.05) is 24.3 Å². The molecule has 3 rings (SSSR count). The van der Waals surface area contributed by atoms with Crippen molar-refractivity contribution >= 4 is 22.7 Å². The van der Waals surface area contributed by atoms with E-state index in [-0.39, 0.29) is 5.92 Å². The van der Waals surface area contributed by atoms with Crippen LogP contribution in [0.15, 0.2) is 30.6 Å². The highest BCUT2D eigenvalue weighted by Crippen LogP contribution is 2.27. The number of hydrogen-bond acceptors (Lipinski definition) is 4. The molecule has 2 heterocycles. The first-order valence-electron chi connectivity index (χ1n) is 6.43. The molecule has 1 saturated heterocycles. The number of benzene rings is 1. The maximum atomic E-state index is 11.1. The molecule has 1 atom stereocenters. The fraction of sp³-hybridized carbons (Fsp3) is 0.357. The summed E-state index contributed by atoms with van der Waals surface area (Å²) in [6, 6.07) is 7.82. The van der Waals surface area contributed by atoms with Gasteiger partial charge < -0.3 is 10.0 Å². The lowest BCUT2D eigenvalue weighted by molar-refractivity contribution is -0.141. The minimum absolute atomic E-state index is 0.303. The van der Waals surface area contributed by atoms with Gasteiger partial charge in [-0.15, -0.1) is 0 Å². The van der Waals surface area contributed by atoms with Crippen molar-refractivity contribution in [1.29, 1.82) is 0 Å². The van der Waals surface area contributed by atoms with Gasteiger partial charge in [-0.2, -0.15) is 0 Å². The quantitative estimate of drug-likeness (QED) is 0.890. The van der Waals surface area contributed by atoms with Crippen LogP contribution in [0.1, 0.15) is 12.8 Å². The van der Waals surface area contributed by atoms with Gasteiger partial charge in [0.1, 0.15) is 12.1 Å². The summed E-state index contributed by atoms with van der Waals surface area (Å²) >= 11 is 0. The summed E-state index contributed by atoms with van der Waals surface area (Å²) in [5, 5.41) is 10.1. The molecule has 0 radical (unpaired) electrons. The van der Waals surface area contributed by atoms with Crippen LogP contribution in [0.4, 0.5) is 5.82 Å². The van der Waals surface area contributed by atoms with Crippen molar-refractivity contribution in [3.05, 3.63) is 30.6 Å². The van der Waals surface area contributed by atoms with E-state index in [1.54, 1.807) is 6.33 Å². The van der Waals surface area contributed by atoms with Gasteiger partial charge in [-0.1, -0.05) is 12.1 Å². The Labute approximate surface area is 110 Å². The van der Waals surface area contributed by atoms with E-state index in [2.05, 4.69) is 14.9 Å². The summed E-state index contributed by atoms with van der Waals surface area (Å²) in [5.74, 6) is -0.179. The van der Waals surface area contributed by atoms with Crippen LogP contribution < -0.4 is 4.90 Å². The van der Waals surface area contributed by atoms with Gasteiger partial charge in [0, 0.05) is 18.5 Å². The molecule has 5 heteroatoms. The summed E-state index contributed by atoms with van der Waals surface area (Å²) in [5.41, 5.74) is 0.893. The zero-order valence-electron chi connectivity index (χ0n) is 10.5. The molecule has 1 aliphatic rings. The number of fused-ring (bicyclic) bond motifs is 1. The Balaban J connectivity index is 1.97. The molecule has 1 aromatic heterocycles. The number of carbonyl (C=O) groups is 1. The fourth-order valence-electron chi connectivity index (χ4n) is 2.61. The van der Waals surface area contributed by atoms with E-state index >= 15 is 0 Å². The lowest BCUT2D eigenvalue weighted by atomic mass is 9.98. The summed E-state index contributed by atoms with van der Waals surface area (Å²) < 4.78 is 0. The van der Waals surface area contributed by atoms with Gasteiger partial charge in [0.2, 0.25) is 0 Å². The van der Waals surface area contributed by atoms with Gasteiger partial charge in [0.05, 0.1) is 11.4 Å². The van der Waals surface area contributed by atoms with Gasteiger partial charge in [-0.25, -0.2) is 9.97 Å². The average Bonchev–Trinajstić information content (AvgIpc) is 2.47. The van der Waals surface area contributed by atoms with Crippen LogP contribution in [0.3, 0.4) is 0 Å². The number of para-hydroxylation sites is 1. The van der Waals surface area contributed by atoms with E-state index in [4.69, 9.17) is 5.11 Å². The molecule has 0 bridgehead atoms. The zero-order chi connectivity index (χ0) is 13.2.